The second-order valence-corrected chi connectivity index (χ2v) is 11.0. The highest BCUT2D eigenvalue weighted by Gasteiger charge is 2.31. The maximum atomic E-state index is 11.5. The lowest BCUT2D eigenvalue weighted by Gasteiger charge is -2.17. The van der Waals surface area contributed by atoms with Gasteiger partial charge in [0.05, 0.1) is 11.2 Å². The first-order valence-electron chi connectivity index (χ1n) is 8.04. The quantitative estimate of drug-likeness (QED) is 0.562. The first kappa shape index (κ1) is 23.1. The van der Waals surface area contributed by atoms with Crippen molar-refractivity contribution < 1.29 is 17.8 Å². The number of unbranched alkanes of at least 4 members (excludes halogenated alkanes) is 1. The van der Waals surface area contributed by atoms with Crippen LogP contribution in [0.2, 0.25) is 0 Å². The number of carbonyl (C=O) groups is 1. The number of carbonyl (C=O) groups excluding carboxylic acids is 1. The summed E-state index contributed by atoms with van der Waals surface area (Å²) in [4.78, 5) is 11.3. The van der Waals surface area contributed by atoms with Crippen LogP contribution in [0.15, 0.2) is 29.2 Å². The minimum atomic E-state index is -4.27. The van der Waals surface area contributed by atoms with Gasteiger partial charge in [0.1, 0.15) is 14.9 Å². The second-order valence-electron chi connectivity index (χ2n) is 6.80. The lowest BCUT2D eigenvalue weighted by molar-refractivity contribution is -0.116. The molecule has 0 amide bonds. The summed E-state index contributed by atoms with van der Waals surface area (Å²) in [5.41, 5.74) is 0.928. The zero-order valence-corrected chi connectivity index (χ0v) is 17.2. The fourth-order valence-electron chi connectivity index (χ4n) is 1.61. The van der Waals surface area contributed by atoms with Crippen molar-refractivity contribution in [2.24, 2.45) is 0 Å². The number of Topliss-reactive ketones (excluding diaryl/α,β-unsaturated/α-hetero) is 1. The topological polar surface area (TPSA) is 74.3 Å². The zero-order chi connectivity index (χ0) is 19.0. The van der Waals surface area contributed by atoms with Crippen molar-refractivity contribution >= 4 is 26.8 Å². The van der Waals surface area contributed by atoms with E-state index in [9.17, 15) is 17.8 Å². The van der Waals surface area contributed by atoms with Crippen LogP contribution in [0.25, 0.3) is 0 Å². The summed E-state index contributed by atoms with van der Waals surface area (Å²) >= 11 is 0. The lowest BCUT2D eigenvalue weighted by atomic mass is 10.2. The van der Waals surface area contributed by atoms with Crippen LogP contribution in [-0.2, 0) is 25.8 Å². The first-order valence-corrected chi connectivity index (χ1v) is 11.3. The molecule has 138 valence electrons. The molecule has 0 aliphatic rings. The summed E-state index contributed by atoms with van der Waals surface area (Å²) in [5.74, 6) is 1.23. The molecule has 0 aromatic heterocycles. The van der Waals surface area contributed by atoms with Crippen molar-refractivity contribution in [3.8, 4) is 0 Å². The SMILES string of the molecule is CCCCC(=O)C[S+](C)C(C)(C)C.Cc1ccc(S(=O)(=O)[O-])cc1. The van der Waals surface area contributed by atoms with E-state index in [4.69, 9.17) is 0 Å². The van der Waals surface area contributed by atoms with Gasteiger partial charge in [-0.1, -0.05) is 31.0 Å². The Balaban J connectivity index is 0.000000446. The van der Waals surface area contributed by atoms with Gasteiger partial charge in [-0.2, -0.15) is 0 Å². The van der Waals surface area contributed by atoms with Crippen LogP contribution >= 0.6 is 0 Å². The van der Waals surface area contributed by atoms with Gasteiger partial charge < -0.3 is 4.55 Å². The third-order valence-electron chi connectivity index (χ3n) is 3.54. The molecular formula is C18H30O4S2. The second kappa shape index (κ2) is 10.2. The number of hydrogen-bond donors (Lipinski definition) is 0. The van der Waals surface area contributed by atoms with E-state index in [1.54, 1.807) is 12.1 Å². The van der Waals surface area contributed by atoms with Gasteiger partial charge in [-0.25, -0.2) is 8.42 Å². The Bertz CT molecular complexity index is 599. The van der Waals surface area contributed by atoms with E-state index in [0.29, 0.717) is 10.5 Å². The third-order valence-corrected chi connectivity index (χ3v) is 7.24. The molecule has 1 aromatic rings. The number of ketones is 1. The Labute approximate surface area is 150 Å². The highest BCUT2D eigenvalue weighted by Crippen LogP contribution is 2.17. The fraction of sp³-hybridized carbons (Fsp3) is 0.611. The number of hydrogen-bond acceptors (Lipinski definition) is 4. The van der Waals surface area contributed by atoms with Crippen molar-refractivity contribution in [1.29, 1.82) is 0 Å². The van der Waals surface area contributed by atoms with Crippen molar-refractivity contribution in [3.05, 3.63) is 29.8 Å². The molecule has 6 heteroatoms. The van der Waals surface area contributed by atoms with Crippen LogP contribution < -0.4 is 0 Å². The van der Waals surface area contributed by atoms with Crippen LogP contribution in [0.5, 0.6) is 0 Å². The standard InChI is InChI=1S/C11H23OS.C7H8O3S/c1-6-7-8-10(12)9-13(5)11(2,3)4;1-6-2-4-7(5-3-6)11(8,9)10/h6-9H2,1-5H3;2-5H,1H3,(H,8,9,10)/q+1;/p-1. The fourth-order valence-corrected chi connectivity index (χ4v) is 3.14. The maximum Gasteiger partial charge on any atom is 0.181 e. The van der Waals surface area contributed by atoms with Gasteiger partial charge >= 0.3 is 0 Å². The highest BCUT2D eigenvalue weighted by atomic mass is 32.2. The Morgan fingerprint density at radius 2 is 1.67 bits per heavy atom. The summed E-state index contributed by atoms with van der Waals surface area (Å²) in [6.07, 6.45) is 5.16. The molecule has 1 aromatic carbocycles. The molecule has 0 aliphatic carbocycles. The van der Waals surface area contributed by atoms with Gasteiger partial charge in [0.15, 0.2) is 11.5 Å². The van der Waals surface area contributed by atoms with E-state index < -0.39 is 10.1 Å². The van der Waals surface area contributed by atoms with Crippen molar-refractivity contribution in [2.75, 3.05) is 12.0 Å². The summed E-state index contributed by atoms with van der Waals surface area (Å²) in [6.45, 7) is 10.6. The molecule has 0 N–H and O–H groups in total. The minimum absolute atomic E-state index is 0.178. The summed E-state index contributed by atoms with van der Waals surface area (Å²) in [6, 6.07) is 5.78. The van der Waals surface area contributed by atoms with Gasteiger partial charge in [0.2, 0.25) is 0 Å². The van der Waals surface area contributed by atoms with E-state index in [2.05, 4.69) is 34.0 Å². The van der Waals surface area contributed by atoms with Gasteiger partial charge in [-0.3, -0.25) is 4.79 Å². The molecule has 1 rings (SSSR count). The average Bonchev–Trinajstić information content (AvgIpc) is 2.44. The van der Waals surface area contributed by atoms with E-state index in [0.717, 1.165) is 30.6 Å². The normalized spacial score (nSPS) is 13.0. The van der Waals surface area contributed by atoms with Crippen LogP contribution in [0.4, 0.5) is 0 Å². The lowest BCUT2D eigenvalue weighted by Crippen LogP contribution is -2.32. The van der Waals surface area contributed by atoms with Crippen molar-refractivity contribution in [1.82, 2.24) is 0 Å². The summed E-state index contributed by atoms with van der Waals surface area (Å²) in [7, 11) is -4.04. The molecule has 0 bridgehead atoms. The van der Waals surface area contributed by atoms with Crippen LogP contribution in [-0.4, -0.2) is 35.5 Å². The van der Waals surface area contributed by atoms with Crippen molar-refractivity contribution in [2.45, 2.75) is 63.5 Å². The molecular weight excluding hydrogens is 344 g/mol. The average molecular weight is 375 g/mol. The largest absolute Gasteiger partial charge is 0.744 e. The first-order chi connectivity index (χ1) is 10.9. The maximum absolute atomic E-state index is 11.5. The highest BCUT2D eigenvalue weighted by molar-refractivity contribution is 7.98. The smallest absolute Gasteiger partial charge is 0.181 e. The predicted molar refractivity (Wildman–Crippen MR) is 102 cm³/mol. The monoisotopic (exact) mass is 374 g/mol. The van der Waals surface area contributed by atoms with E-state index >= 15 is 0 Å². The van der Waals surface area contributed by atoms with Crippen LogP contribution in [0.3, 0.4) is 0 Å². The van der Waals surface area contributed by atoms with Gasteiger partial charge in [0, 0.05) is 6.42 Å². The van der Waals surface area contributed by atoms with E-state index in [-0.39, 0.29) is 15.8 Å². The van der Waals surface area contributed by atoms with E-state index in [1.807, 2.05) is 6.92 Å². The summed E-state index contributed by atoms with van der Waals surface area (Å²) < 4.78 is 31.5. The molecule has 0 saturated carbocycles. The van der Waals surface area contributed by atoms with Gasteiger partial charge in [-0.05, 0) is 57.1 Å². The molecule has 0 spiro atoms. The Morgan fingerprint density at radius 3 is 2.04 bits per heavy atom. The van der Waals surface area contributed by atoms with Crippen molar-refractivity contribution in [3.63, 3.8) is 0 Å². The van der Waals surface area contributed by atoms with Gasteiger partial charge in [0.25, 0.3) is 0 Å². The summed E-state index contributed by atoms with van der Waals surface area (Å²) in [5, 5.41) is 0. The number of benzene rings is 1. The third kappa shape index (κ3) is 10.1. The van der Waals surface area contributed by atoms with E-state index in [1.165, 1.54) is 12.1 Å². The number of aryl methyl sites for hydroxylation is 1. The molecule has 0 fully saturated rings. The molecule has 4 nitrogen and oxygen atoms in total. The molecule has 0 saturated heterocycles. The molecule has 1 unspecified atom stereocenters. The predicted octanol–water partition coefficient (Wildman–Crippen LogP) is 3.69. The number of rotatable bonds is 6. The molecule has 1 atom stereocenters. The van der Waals surface area contributed by atoms with Crippen LogP contribution in [0, 0.1) is 6.92 Å². The Kier molecular flexibility index (Phi) is 9.85. The Morgan fingerprint density at radius 1 is 1.17 bits per heavy atom. The Hall–Kier alpha value is -0.850. The molecule has 0 aliphatic heterocycles. The van der Waals surface area contributed by atoms with Crippen LogP contribution in [0.1, 0.15) is 52.5 Å². The molecule has 24 heavy (non-hydrogen) atoms. The molecule has 0 radical (unpaired) electrons. The van der Waals surface area contributed by atoms with Gasteiger partial charge in [-0.15, -0.1) is 0 Å². The minimum Gasteiger partial charge on any atom is -0.744 e. The molecule has 0 heterocycles. The zero-order valence-electron chi connectivity index (χ0n) is 15.6.